The Morgan fingerprint density at radius 1 is 0.187 bits per heavy atom. The molecule has 5 heterocycles. The fraction of sp³-hybridized carbons (Fsp3) is 0.0118. The third kappa shape index (κ3) is 8.51. The molecule has 91 heavy (non-hydrogen) atoms. The standard InChI is InChI=1S/C42H27N3.C25H17N.C18H12BrN/c1-6-19-37-31(14-1)32-15-2-7-20-38(32)43(37)28-12-11-13-29(26-28)44-41-23-10-5-18-35(41)36-27-30(24-25-42(36)44)45-39-21-8-3-16-33(39)34-17-4-9-22-40(34)45;1-2-8-20-17(7-1)15-18-13-14-19(16-23(18)20)26-24-11-5-3-9-21(24)22-10-4-6-12-25(22)26;19-13-6-5-7-14(12-13)20-17-10-3-1-8-15(17)16-9-2-4-11-18(16)20/h1-27H;1-14,16H,15H2;1-12H. The van der Waals surface area contributed by atoms with Crippen LogP contribution in [0.4, 0.5) is 0 Å². The molecule has 14 aromatic carbocycles. The molecule has 0 fully saturated rings. The van der Waals surface area contributed by atoms with Crippen molar-refractivity contribution in [3.05, 3.63) is 343 Å². The van der Waals surface area contributed by atoms with E-state index in [4.69, 9.17) is 0 Å². The normalized spacial score (nSPS) is 12.0. The predicted molar refractivity (Wildman–Crippen MR) is 387 cm³/mol. The van der Waals surface area contributed by atoms with Crippen molar-refractivity contribution in [1.82, 2.24) is 22.8 Å². The van der Waals surface area contributed by atoms with Crippen LogP contribution in [0.2, 0.25) is 0 Å². The second-order valence-corrected chi connectivity index (χ2v) is 24.6. The van der Waals surface area contributed by atoms with E-state index < -0.39 is 0 Å². The zero-order valence-electron chi connectivity index (χ0n) is 49.5. The number of hydrogen-bond acceptors (Lipinski definition) is 0. The molecule has 5 aromatic heterocycles. The summed E-state index contributed by atoms with van der Waals surface area (Å²) in [5.41, 5.74) is 23.8. The van der Waals surface area contributed by atoms with E-state index in [0.29, 0.717) is 0 Å². The van der Waals surface area contributed by atoms with Gasteiger partial charge in [-0.3, -0.25) is 0 Å². The monoisotopic (exact) mass is 1230 g/mol. The molecule has 1 aliphatic carbocycles. The van der Waals surface area contributed by atoms with Gasteiger partial charge in [0, 0.05) is 86.8 Å². The van der Waals surface area contributed by atoms with Crippen LogP contribution in [0.3, 0.4) is 0 Å². The minimum Gasteiger partial charge on any atom is -0.309 e. The van der Waals surface area contributed by atoms with Crippen molar-refractivity contribution in [2.45, 2.75) is 6.42 Å². The summed E-state index contributed by atoms with van der Waals surface area (Å²) in [6.07, 6.45) is 1.04. The minimum atomic E-state index is 1.04. The third-order valence-corrected chi connectivity index (χ3v) is 19.2. The number of rotatable bonds is 5. The van der Waals surface area contributed by atoms with E-state index in [1.165, 1.54) is 148 Å². The van der Waals surface area contributed by atoms with Crippen LogP contribution in [0, 0.1) is 0 Å². The number of fused-ring (bicyclic) bond motifs is 18. The second-order valence-electron chi connectivity index (χ2n) is 23.7. The van der Waals surface area contributed by atoms with Crippen molar-refractivity contribution in [2.24, 2.45) is 0 Å². The zero-order chi connectivity index (χ0) is 60.1. The van der Waals surface area contributed by atoms with Crippen LogP contribution in [-0.2, 0) is 6.42 Å². The zero-order valence-corrected chi connectivity index (χ0v) is 51.1. The van der Waals surface area contributed by atoms with Gasteiger partial charge in [0.2, 0.25) is 0 Å². The molecule has 20 rings (SSSR count). The van der Waals surface area contributed by atoms with Gasteiger partial charge in [0.15, 0.2) is 0 Å². The molecule has 0 spiro atoms. The fourth-order valence-electron chi connectivity index (χ4n) is 14.8. The highest BCUT2D eigenvalue weighted by Gasteiger charge is 2.22. The fourth-order valence-corrected chi connectivity index (χ4v) is 15.2. The van der Waals surface area contributed by atoms with Crippen molar-refractivity contribution in [1.29, 1.82) is 0 Å². The number of para-hydroxylation sites is 9. The van der Waals surface area contributed by atoms with Crippen LogP contribution in [0.5, 0.6) is 0 Å². The molecule has 0 saturated heterocycles. The third-order valence-electron chi connectivity index (χ3n) is 18.7. The number of hydrogen-bond donors (Lipinski definition) is 0. The maximum absolute atomic E-state index is 3.56. The smallest absolute Gasteiger partial charge is 0.0542 e. The van der Waals surface area contributed by atoms with Crippen LogP contribution in [0.25, 0.3) is 149 Å². The average molecular weight is 1230 g/mol. The summed E-state index contributed by atoms with van der Waals surface area (Å²) in [4.78, 5) is 0. The van der Waals surface area contributed by atoms with Gasteiger partial charge in [-0.2, -0.15) is 0 Å². The predicted octanol–water partition coefficient (Wildman–Crippen LogP) is 22.9. The van der Waals surface area contributed by atoms with Crippen LogP contribution < -0.4 is 0 Å². The van der Waals surface area contributed by atoms with Crippen LogP contribution in [0.15, 0.2) is 332 Å². The lowest BCUT2D eigenvalue weighted by atomic mass is 10.1. The molecule has 428 valence electrons. The molecule has 0 N–H and O–H groups in total. The van der Waals surface area contributed by atoms with E-state index in [0.717, 1.165) is 22.3 Å². The van der Waals surface area contributed by atoms with Crippen LogP contribution in [-0.4, -0.2) is 22.8 Å². The van der Waals surface area contributed by atoms with Gasteiger partial charge in [-0.1, -0.05) is 222 Å². The molecule has 0 saturated carbocycles. The van der Waals surface area contributed by atoms with E-state index in [9.17, 15) is 0 Å². The summed E-state index contributed by atoms with van der Waals surface area (Å²) < 4.78 is 13.0. The Kier molecular flexibility index (Phi) is 12.4. The first-order valence-electron chi connectivity index (χ1n) is 31.1. The van der Waals surface area contributed by atoms with E-state index in [2.05, 4.69) is 366 Å². The van der Waals surface area contributed by atoms with E-state index >= 15 is 0 Å². The molecule has 0 amide bonds. The molecule has 0 radical (unpaired) electrons. The maximum atomic E-state index is 3.56. The molecule has 5 nitrogen and oxygen atoms in total. The number of aromatic nitrogens is 5. The first-order chi connectivity index (χ1) is 45.1. The highest BCUT2D eigenvalue weighted by atomic mass is 79.9. The van der Waals surface area contributed by atoms with Gasteiger partial charge >= 0.3 is 0 Å². The summed E-state index contributed by atoms with van der Waals surface area (Å²) in [5.74, 6) is 0. The molecular weight excluding hydrogens is 1170 g/mol. The first-order valence-corrected chi connectivity index (χ1v) is 31.9. The van der Waals surface area contributed by atoms with E-state index in [1.54, 1.807) is 0 Å². The minimum absolute atomic E-state index is 1.04. The Hall–Kier alpha value is -11.4. The second kappa shape index (κ2) is 21.4. The van der Waals surface area contributed by atoms with E-state index in [1.807, 2.05) is 0 Å². The van der Waals surface area contributed by atoms with Gasteiger partial charge < -0.3 is 22.8 Å². The Labute approximate surface area is 533 Å². The molecular formula is C85H56BrN5. The quantitative estimate of drug-likeness (QED) is 0.164. The van der Waals surface area contributed by atoms with Gasteiger partial charge in [0.25, 0.3) is 0 Å². The molecule has 19 aromatic rings. The molecule has 0 unspecified atom stereocenters. The lowest BCUT2D eigenvalue weighted by molar-refractivity contribution is 1.13. The summed E-state index contributed by atoms with van der Waals surface area (Å²) in [7, 11) is 0. The van der Waals surface area contributed by atoms with Crippen LogP contribution in [0.1, 0.15) is 11.1 Å². The molecule has 0 aliphatic heterocycles. The summed E-state index contributed by atoms with van der Waals surface area (Å²) in [6.45, 7) is 0. The van der Waals surface area contributed by atoms with Crippen molar-refractivity contribution in [3.8, 4) is 39.6 Å². The van der Waals surface area contributed by atoms with Gasteiger partial charge in [0.1, 0.15) is 0 Å². The van der Waals surface area contributed by atoms with Gasteiger partial charge in [-0.15, -0.1) is 0 Å². The Morgan fingerprint density at radius 2 is 0.462 bits per heavy atom. The number of benzene rings is 14. The Morgan fingerprint density at radius 3 is 0.846 bits per heavy atom. The number of nitrogens with zero attached hydrogens (tertiary/aromatic N) is 5. The van der Waals surface area contributed by atoms with Crippen molar-refractivity contribution in [3.63, 3.8) is 0 Å². The highest BCUT2D eigenvalue weighted by Crippen LogP contribution is 2.42. The van der Waals surface area contributed by atoms with Crippen molar-refractivity contribution >= 4 is 125 Å². The lowest BCUT2D eigenvalue weighted by Crippen LogP contribution is -1.99. The molecule has 1 aliphatic rings. The van der Waals surface area contributed by atoms with Gasteiger partial charge in [0.05, 0.1) is 55.2 Å². The first kappa shape index (κ1) is 52.7. The van der Waals surface area contributed by atoms with Crippen molar-refractivity contribution < 1.29 is 0 Å². The molecule has 0 bridgehead atoms. The molecule has 6 heteroatoms. The maximum Gasteiger partial charge on any atom is 0.0542 e. The van der Waals surface area contributed by atoms with E-state index in [-0.39, 0.29) is 0 Å². The SMILES string of the molecule is Brc1cccc(-n2c3ccccc3c3ccccc32)c1.c1cc(-n2c3ccccc3c3ccccc32)cc(-n2c3ccccc3c3cc(-n4c5ccccc5c5ccccc54)ccc32)c1.c1ccc2c(c1)Cc1ccc(-n3c4ccccc4c4ccccc43)cc1-2. The van der Waals surface area contributed by atoms with Gasteiger partial charge in [-0.25, -0.2) is 0 Å². The topological polar surface area (TPSA) is 24.6 Å². The summed E-state index contributed by atoms with van der Waals surface area (Å²) >= 11 is 3.56. The largest absolute Gasteiger partial charge is 0.309 e. The Balaban J connectivity index is 0.000000112. The van der Waals surface area contributed by atoms with Crippen LogP contribution >= 0.6 is 15.9 Å². The average Bonchev–Trinajstić information content (AvgIpc) is 1.65. The Bertz CT molecular complexity index is 5890. The summed E-state index contributed by atoms with van der Waals surface area (Å²) in [6, 6.07) is 118. The van der Waals surface area contributed by atoms with Gasteiger partial charge in [-0.05, 0) is 150 Å². The summed E-state index contributed by atoms with van der Waals surface area (Å²) in [5, 5.41) is 12.8. The highest BCUT2D eigenvalue weighted by molar-refractivity contribution is 9.10. The van der Waals surface area contributed by atoms with Crippen molar-refractivity contribution in [2.75, 3.05) is 0 Å². The molecule has 0 atom stereocenters. The number of halogens is 1. The lowest BCUT2D eigenvalue weighted by Gasteiger charge is -2.13.